The average molecular weight is 268 g/mol. The second-order valence-corrected chi connectivity index (χ2v) is 5.60. The Balaban J connectivity index is 1.80. The first-order chi connectivity index (χ1) is 9.15. The van der Waals surface area contributed by atoms with E-state index in [0.29, 0.717) is 5.92 Å². The maximum absolute atomic E-state index is 11.9. The van der Waals surface area contributed by atoms with Crippen molar-refractivity contribution in [1.29, 1.82) is 0 Å². The Morgan fingerprint density at radius 2 is 1.84 bits per heavy atom. The number of piperidine rings is 1. The van der Waals surface area contributed by atoms with Gasteiger partial charge in [-0.2, -0.15) is 0 Å². The predicted octanol–water partition coefficient (Wildman–Crippen LogP) is -0.948. The van der Waals surface area contributed by atoms with E-state index in [1.807, 2.05) is 4.90 Å². The number of nitrogens with one attached hydrogen (secondary N) is 2. The molecule has 19 heavy (non-hydrogen) atoms. The largest absolute Gasteiger partial charge is 0.369 e. The number of primary amides is 1. The highest BCUT2D eigenvalue weighted by Gasteiger charge is 2.25. The molecular weight excluding hydrogens is 244 g/mol. The van der Waals surface area contributed by atoms with E-state index in [-0.39, 0.29) is 30.9 Å². The molecule has 0 aromatic rings. The average Bonchev–Trinajstić information content (AvgIpc) is 3.20. The summed E-state index contributed by atoms with van der Waals surface area (Å²) in [5.74, 6) is 0.313. The first kappa shape index (κ1) is 14.3. The quantitative estimate of drug-likeness (QED) is 0.556. The van der Waals surface area contributed by atoms with Gasteiger partial charge >= 0.3 is 0 Å². The molecule has 1 aliphatic carbocycles. The number of amides is 2. The summed E-state index contributed by atoms with van der Waals surface area (Å²) in [7, 11) is 0. The van der Waals surface area contributed by atoms with Gasteiger partial charge in [0.05, 0.1) is 13.1 Å². The molecule has 1 heterocycles. The van der Waals surface area contributed by atoms with Crippen molar-refractivity contribution >= 4 is 11.8 Å². The third-order valence-corrected chi connectivity index (χ3v) is 3.82. The van der Waals surface area contributed by atoms with Gasteiger partial charge in [0.2, 0.25) is 11.8 Å². The molecule has 2 rings (SSSR count). The lowest BCUT2D eigenvalue weighted by Crippen LogP contribution is -2.50. The number of nitrogens with two attached hydrogens (primary N) is 1. The van der Waals surface area contributed by atoms with E-state index >= 15 is 0 Å². The van der Waals surface area contributed by atoms with Crippen LogP contribution in [0.15, 0.2) is 0 Å². The van der Waals surface area contributed by atoms with Crippen molar-refractivity contribution < 1.29 is 9.59 Å². The number of carbonyl (C=O) groups is 2. The molecule has 0 atom stereocenters. The molecule has 1 saturated heterocycles. The van der Waals surface area contributed by atoms with Crippen molar-refractivity contribution in [2.45, 2.75) is 31.7 Å². The molecule has 0 bridgehead atoms. The zero-order valence-electron chi connectivity index (χ0n) is 11.4. The zero-order chi connectivity index (χ0) is 13.7. The Bertz CT molecular complexity index is 325. The Morgan fingerprint density at radius 1 is 1.16 bits per heavy atom. The van der Waals surface area contributed by atoms with Crippen LogP contribution in [-0.4, -0.2) is 55.5 Å². The molecule has 4 N–H and O–H groups in total. The fourth-order valence-electron chi connectivity index (χ4n) is 2.51. The van der Waals surface area contributed by atoms with Gasteiger partial charge in [-0.3, -0.25) is 14.5 Å². The van der Waals surface area contributed by atoms with Crippen LogP contribution in [0.1, 0.15) is 25.7 Å². The van der Waals surface area contributed by atoms with Gasteiger partial charge in [-0.25, -0.2) is 0 Å². The molecule has 0 aromatic carbocycles. The van der Waals surface area contributed by atoms with E-state index in [4.69, 9.17) is 5.73 Å². The smallest absolute Gasteiger partial charge is 0.234 e. The minimum Gasteiger partial charge on any atom is -0.369 e. The summed E-state index contributed by atoms with van der Waals surface area (Å²) in [5.41, 5.74) is 5.28. The summed E-state index contributed by atoms with van der Waals surface area (Å²) < 4.78 is 0. The highest BCUT2D eigenvalue weighted by atomic mass is 16.2. The molecular formula is C13H24N4O2. The Labute approximate surface area is 114 Å². The van der Waals surface area contributed by atoms with Crippen molar-refractivity contribution in [3.8, 4) is 0 Å². The van der Waals surface area contributed by atoms with Gasteiger partial charge in [-0.1, -0.05) is 0 Å². The van der Waals surface area contributed by atoms with E-state index in [0.717, 1.165) is 32.5 Å². The van der Waals surface area contributed by atoms with Crippen LogP contribution in [0.25, 0.3) is 0 Å². The minimum absolute atomic E-state index is 0.00619. The zero-order valence-corrected chi connectivity index (χ0v) is 11.4. The van der Waals surface area contributed by atoms with Crippen molar-refractivity contribution in [1.82, 2.24) is 15.5 Å². The molecule has 1 aliphatic heterocycles. The van der Waals surface area contributed by atoms with E-state index in [1.54, 1.807) is 0 Å². The molecule has 2 fully saturated rings. The SMILES string of the molecule is NC(=O)CN(CC(=O)NCC1CC1)C1CCNCC1. The van der Waals surface area contributed by atoms with E-state index in [2.05, 4.69) is 10.6 Å². The van der Waals surface area contributed by atoms with Crippen LogP contribution < -0.4 is 16.4 Å². The third kappa shape index (κ3) is 5.16. The normalized spacial score (nSPS) is 20.5. The molecule has 0 radical (unpaired) electrons. The molecule has 6 heteroatoms. The summed E-state index contributed by atoms with van der Waals surface area (Å²) in [6.07, 6.45) is 4.37. The standard InChI is InChI=1S/C13H24N4O2/c14-12(18)8-17(11-3-5-15-6-4-11)9-13(19)16-7-10-1-2-10/h10-11,15H,1-9H2,(H2,14,18)(H,16,19). The maximum Gasteiger partial charge on any atom is 0.234 e. The lowest BCUT2D eigenvalue weighted by atomic mass is 10.0. The fourth-order valence-corrected chi connectivity index (χ4v) is 2.51. The highest BCUT2D eigenvalue weighted by molar-refractivity contribution is 5.80. The van der Waals surface area contributed by atoms with Gasteiger partial charge in [0.1, 0.15) is 0 Å². The number of carbonyl (C=O) groups excluding carboxylic acids is 2. The fraction of sp³-hybridized carbons (Fsp3) is 0.846. The molecule has 2 amide bonds. The monoisotopic (exact) mass is 268 g/mol. The van der Waals surface area contributed by atoms with E-state index < -0.39 is 0 Å². The van der Waals surface area contributed by atoms with Crippen LogP contribution in [0.2, 0.25) is 0 Å². The molecule has 0 aromatic heterocycles. The first-order valence-corrected chi connectivity index (χ1v) is 7.15. The lowest BCUT2D eigenvalue weighted by molar-refractivity contribution is -0.125. The van der Waals surface area contributed by atoms with Gasteiger partial charge in [-0.15, -0.1) is 0 Å². The molecule has 108 valence electrons. The van der Waals surface area contributed by atoms with Crippen LogP contribution in [0, 0.1) is 5.92 Å². The van der Waals surface area contributed by atoms with Crippen molar-refractivity contribution in [3.05, 3.63) is 0 Å². The molecule has 6 nitrogen and oxygen atoms in total. The van der Waals surface area contributed by atoms with Gasteiger partial charge in [-0.05, 0) is 44.7 Å². The Kier molecular flexibility index (Phi) is 5.15. The minimum atomic E-state index is -0.367. The van der Waals surface area contributed by atoms with Gasteiger partial charge in [0.15, 0.2) is 0 Å². The van der Waals surface area contributed by atoms with Gasteiger partial charge in [0.25, 0.3) is 0 Å². The van der Waals surface area contributed by atoms with Crippen LogP contribution >= 0.6 is 0 Å². The summed E-state index contributed by atoms with van der Waals surface area (Å²) in [6.45, 7) is 3.09. The second-order valence-electron chi connectivity index (χ2n) is 5.60. The van der Waals surface area contributed by atoms with Crippen LogP contribution in [0.5, 0.6) is 0 Å². The lowest BCUT2D eigenvalue weighted by Gasteiger charge is -2.33. The first-order valence-electron chi connectivity index (χ1n) is 7.15. The number of hydrogen-bond donors (Lipinski definition) is 3. The third-order valence-electron chi connectivity index (χ3n) is 3.82. The molecule has 0 spiro atoms. The van der Waals surface area contributed by atoms with Crippen LogP contribution in [0.3, 0.4) is 0 Å². The maximum atomic E-state index is 11.9. The number of hydrogen-bond acceptors (Lipinski definition) is 4. The van der Waals surface area contributed by atoms with E-state index in [9.17, 15) is 9.59 Å². The summed E-state index contributed by atoms with van der Waals surface area (Å²) in [6, 6.07) is 0.278. The van der Waals surface area contributed by atoms with Crippen molar-refractivity contribution in [2.75, 3.05) is 32.7 Å². The topological polar surface area (TPSA) is 87.5 Å². The van der Waals surface area contributed by atoms with Crippen molar-refractivity contribution in [3.63, 3.8) is 0 Å². The van der Waals surface area contributed by atoms with Gasteiger partial charge in [0, 0.05) is 12.6 Å². The van der Waals surface area contributed by atoms with Crippen LogP contribution in [-0.2, 0) is 9.59 Å². The number of rotatable bonds is 7. The molecule has 0 unspecified atom stereocenters. The Morgan fingerprint density at radius 3 is 2.42 bits per heavy atom. The van der Waals surface area contributed by atoms with E-state index in [1.165, 1.54) is 12.8 Å². The van der Waals surface area contributed by atoms with Crippen molar-refractivity contribution in [2.24, 2.45) is 11.7 Å². The van der Waals surface area contributed by atoms with Crippen LogP contribution in [0.4, 0.5) is 0 Å². The molecule has 2 aliphatic rings. The summed E-state index contributed by atoms with van der Waals surface area (Å²) in [4.78, 5) is 25.0. The summed E-state index contributed by atoms with van der Waals surface area (Å²) >= 11 is 0. The second kappa shape index (κ2) is 6.86. The summed E-state index contributed by atoms with van der Waals surface area (Å²) in [5, 5.41) is 6.22. The number of nitrogens with zero attached hydrogens (tertiary/aromatic N) is 1. The Hall–Kier alpha value is -1.14. The predicted molar refractivity (Wildman–Crippen MR) is 72.4 cm³/mol. The van der Waals surface area contributed by atoms with Gasteiger partial charge < -0.3 is 16.4 Å². The molecule has 1 saturated carbocycles. The highest BCUT2D eigenvalue weighted by Crippen LogP contribution is 2.27.